The molecule has 2 aromatic rings. The van der Waals surface area contributed by atoms with Gasteiger partial charge in [0.2, 0.25) is 5.89 Å². The first-order valence-electron chi connectivity index (χ1n) is 6.06. The molecule has 2 heterocycles. The fraction of sp³-hybridized carbons (Fsp3) is 0.462. The molecule has 0 unspecified atom stereocenters. The molecule has 0 bridgehead atoms. The lowest BCUT2D eigenvalue weighted by Gasteiger charge is -2.20. The zero-order valence-corrected chi connectivity index (χ0v) is 9.67. The Morgan fingerprint density at radius 2 is 2.29 bits per heavy atom. The number of oxazole rings is 1. The van der Waals surface area contributed by atoms with E-state index in [1.807, 2.05) is 24.3 Å². The van der Waals surface area contributed by atoms with Crippen molar-refractivity contribution in [2.24, 2.45) is 0 Å². The molecule has 0 radical (unpaired) electrons. The highest BCUT2D eigenvalue weighted by atomic mass is 16.3. The molecule has 1 fully saturated rings. The van der Waals surface area contributed by atoms with E-state index in [0.717, 1.165) is 36.4 Å². The Kier molecular flexibility index (Phi) is 2.82. The molecule has 90 valence electrons. The molecule has 1 atom stereocenters. The predicted octanol–water partition coefficient (Wildman–Crippen LogP) is 1.78. The van der Waals surface area contributed by atoms with Gasteiger partial charge in [-0.2, -0.15) is 0 Å². The van der Waals surface area contributed by atoms with Gasteiger partial charge in [0.1, 0.15) is 5.52 Å². The zero-order chi connectivity index (χ0) is 11.7. The van der Waals surface area contributed by atoms with Crippen molar-refractivity contribution in [3.05, 3.63) is 30.2 Å². The summed E-state index contributed by atoms with van der Waals surface area (Å²) in [7, 11) is 0. The van der Waals surface area contributed by atoms with Crippen molar-refractivity contribution >= 4 is 11.1 Å². The molecule has 4 nitrogen and oxygen atoms in total. The van der Waals surface area contributed by atoms with Crippen LogP contribution in [0.3, 0.4) is 0 Å². The van der Waals surface area contributed by atoms with Crippen LogP contribution >= 0.6 is 0 Å². The molecular weight excluding hydrogens is 216 g/mol. The monoisotopic (exact) mass is 232 g/mol. The van der Waals surface area contributed by atoms with Crippen molar-refractivity contribution in [1.82, 2.24) is 9.88 Å². The average molecular weight is 232 g/mol. The van der Waals surface area contributed by atoms with Gasteiger partial charge in [-0.1, -0.05) is 12.1 Å². The summed E-state index contributed by atoms with van der Waals surface area (Å²) in [6.07, 6.45) is 2.21. The highest BCUT2D eigenvalue weighted by Gasteiger charge is 2.25. The van der Waals surface area contributed by atoms with Gasteiger partial charge < -0.3 is 9.52 Å². The number of hydrogen-bond donors (Lipinski definition) is 1. The summed E-state index contributed by atoms with van der Waals surface area (Å²) in [6.45, 7) is 1.93. The largest absolute Gasteiger partial charge is 0.439 e. The van der Waals surface area contributed by atoms with Gasteiger partial charge >= 0.3 is 0 Å². The molecular formula is C13H16N2O2. The standard InChI is InChI=1S/C13H16N2O2/c16-9-10-4-3-7-15(10)8-13-14-11-5-1-2-6-12(11)17-13/h1-2,5-6,10,16H,3-4,7-9H2/t10-/m0/s1. The van der Waals surface area contributed by atoms with Gasteiger partial charge in [-0.15, -0.1) is 0 Å². The molecule has 1 aliphatic rings. The lowest BCUT2D eigenvalue weighted by Crippen LogP contribution is -2.31. The van der Waals surface area contributed by atoms with Crippen molar-refractivity contribution in [3.8, 4) is 0 Å². The first-order chi connectivity index (χ1) is 8.36. The molecule has 1 aliphatic heterocycles. The lowest BCUT2D eigenvalue weighted by molar-refractivity contribution is 0.145. The number of likely N-dealkylation sites (tertiary alicyclic amines) is 1. The first kappa shape index (κ1) is 10.7. The van der Waals surface area contributed by atoms with E-state index in [1.54, 1.807) is 0 Å². The Balaban J connectivity index is 1.80. The van der Waals surface area contributed by atoms with Crippen LogP contribution in [-0.4, -0.2) is 34.2 Å². The quantitative estimate of drug-likeness (QED) is 0.876. The normalized spacial score (nSPS) is 21.4. The van der Waals surface area contributed by atoms with Crippen molar-refractivity contribution in [2.45, 2.75) is 25.4 Å². The van der Waals surface area contributed by atoms with Crippen LogP contribution in [0.15, 0.2) is 28.7 Å². The molecule has 4 heteroatoms. The van der Waals surface area contributed by atoms with Crippen molar-refractivity contribution in [2.75, 3.05) is 13.2 Å². The second-order valence-electron chi connectivity index (χ2n) is 4.52. The summed E-state index contributed by atoms with van der Waals surface area (Å²) in [6, 6.07) is 8.06. The summed E-state index contributed by atoms with van der Waals surface area (Å²) < 4.78 is 5.69. The molecule has 3 rings (SSSR count). The maximum absolute atomic E-state index is 9.26. The van der Waals surface area contributed by atoms with Crippen LogP contribution in [0.4, 0.5) is 0 Å². The number of para-hydroxylation sites is 2. The van der Waals surface area contributed by atoms with Gasteiger partial charge in [-0.25, -0.2) is 4.98 Å². The summed E-state index contributed by atoms with van der Waals surface area (Å²) in [4.78, 5) is 6.70. The summed E-state index contributed by atoms with van der Waals surface area (Å²) in [5.74, 6) is 0.742. The second kappa shape index (κ2) is 4.47. The summed E-state index contributed by atoms with van der Waals surface area (Å²) >= 11 is 0. The molecule has 0 aliphatic carbocycles. The van der Waals surface area contributed by atoms with Crippen LogP contribution in [0.1, 0.15) is 18.7 Å². The number of aliphatic hydroxyl groups excluding tert-OH is 1. The van der Waals surface area contributed by atoms with E-state index in [1.165, 1.54) is 0 Å². The van der Waals surface area contributed by atoms with E-state index in [-0.39, 0.29) is 12.6 Å². The van der Waals surface area contributed by atoms with Crippen LogP contribution in [0.5, 0.6) is 0 Å². The minimum atomic E-state index is 0.222. The van der Waals surface area contributed by atoms with Gasteiger partial charge in [0.05, 0.1) is 13.2 Å². The second-order valence-corrected chi connectivity index (χ2v) is 4.52. The van der Waals surface area contributed by atoms with Gasteiger partial charge in [0.15, 0.2) is 5.58 Å². The Bertz CT molecular complexity index is 476. The molecule has 1 saturated heterocycles. The van der Waals surface area contributed by atoms with E-state index in [9.17, 15) is 5.11 Å². The van der Waals surface area contributed by atoms with Crippen LogP contribution in [0, 0.1) is 0 Å². The third-order valence-corrected chi connectivity index (χ3v) is 3.39. The highest BCUT2D eigenvalue weighted by molar-refractivity contribution is 5.72. The number of aromatic nitrogens is 1. The fourth-order valence-electron chi connectivity index (χ4n) is 2.47. The number of hydrogen-bond acceptors (Lipinski definition) is 4. The Morgan fingerprint density at radius 1 is 1.41 bits per heavy atom. The topological polar surface area (TPSA) is 49.5 Å². The van der Waals surface area contributed by atoms with Crippen LogP contribution in [0.25, 0.3) is 11.1 Å². The van der Waals surface area contributed by atoms with Gasteiger partial charge in [-0.05, 0) is 31.5 Å². The Hall–Kier alpha value is -1.39. The maximum atomic E-state index is 9.26. The van der Waals surface area contributed by atoms with E-state index < -0.39 is 0 Å². The SMILES string of the molecule is OC[C@@H]1CCCN1Cc1nc2ccccc2o1. The first-order valence-corrected chi connectivity index (χ1v) is 6.06. The molecule has 0 saturated carbocycles. The van der Waals surface area contributed by atoms with Crippen molar-refractivity contribution in [1.29, 1.82) is 0 Å². The third kappa shape index (κ3) is 2.06. The fourth-order valence-corrected chi connectivity index (χ4v) is 2.47. The Labute approximate surface area is 99.9 Å². The molecule has 17 heavy (non-hydrogen) atoms. The zero-order valence-electron chi connectivity index (χ0n) is 9.67. The number of aliphatic hydroxyl groups is 1. The van der Waals surface area contributed by atoms with Crippen molar-refractivity contribution < 1.29 is 9.52 Å². The van der Waals surface area contributed by atoms with Gasteiger partial charge in [0, 0.05) is 6.04 Å². The number of nitrogens with zero attached hydrogens (tertiary/aromatic N) is 2. The van der Waals surface area contributed by atoms with Crippen molar-refractivity contribution in [3.63, 3.8) is 0 Å². The van der Waals surface area contributed by atoms with E-state index >= 15 is 0 Å². The smallest absolute Gasteiger partial charge is 0.209 e. The van der Waals surface area contributed by atoms with Gasteiger partial charge in [-0.3, -0.25) is 4.90 Å². The third-order valence-electron chi connectivity index (χ3n) is 3.39. The summed E-state index contributed by atoms with van der Waals surface area (Å²) in [5.41, 5.74) is 1.74. The number of benzene rings is 1. The molecule has 1 N–H and O–H groups in total. The molecule has 1 aromatic carbocycles. The Morgan fingerprint density at radius 3 is 3.12 bits per heavy atom. The molecule has 1 aromatic heterocycles. The minimum absolute atomic E-state index is 0.222. The molecule has 0 spiro atoms. The summed E-state index contributed by atoms with van der Waals surface area (Å²) in [5, 5.41) is 9.26. The number of rotatable bonds is 3. The minimum Gasteiger partial charge on any atom is -0.439 e. The van der Waals surface area contributed by atoms with E-state index in [2.05, 4.69) is 9.88 Å². The number of fused-ring (bicyclic) bond motifs is 1. The van der Waals surface area contributed by atoms with Crippen LogP contribution in [-0.2, 0) is 6.54 Å². The van der Waals surface area contributed by atoms with Crippen LogP contribution < -0.4 is 0 Å². The van der Waals surface area contributed by atoms with Crippen LogP contribution in [0.2, 0.25) is 0 Å². The maximum Gasteiger partial charge on any atom is 0.209 e. The highest BCUT2D eigenvalue weighted by Crippen LogP contribution is 2.21. The van der Waals surface area contributed by atoms with E-state index in [4.69, 9.17) is 4.42 Å². The lowest BCUT2D eigenvalue weighted by atomic mass is 10.2. The van der Waals surface area contributed by atoms with E-state index in [0.29, 0.717) is 6.54 Å². The average Bonchev–Trinajstić information content (AvgIpc) is 2.94. The molecule has 0 amide bonds. The predicted molar refractivity (Wildman–Crippen MR) is 64.5 cm³/mol. The van der Waals surface area contributed by atoms with Gasteiger partial charge in [0.25, 0.3) is 0 Å².